The van der Waals surface area contributed by atoms with E-state index in [0.29, 0.717) is 13.0 Å². The summed E-state index contributed by atoms with van der Waals surface area (Å²) < 4.78 is 6.93. The Balaban J connectivity index is 1.73. The molecule has 6 heteroatoms. The Bertz CT molecular complexity index is 625. The molecule has 0 N–H and O–H groups in total. The third-order valence-electron chi connectivity index (χ3n) is 3.73. The van der Waals surface area contributed by atoms with Crippen molar-refractivity contribution >= 4 is 11.6 Å². The molecule has 0 aliphatic carbocycles. The van der Waals surface area contributed by atoms with Crippen molar-refractivity contribution in [1.82, 2.24) is 14.8 Å². The monoisotopic (exact) mass is 286 g/mol. The number of aromatic nitrogens is 3. The third-order valence-corrected chi connectivity index (χ3v) is 3.73. The molecule has 1 aliphatic rings. The predicted octanol–water partition coefficient (Wildman–Crippen LogP) is 1.66. The quantitative estimate of drug-likeness (QED) is 0.857. The average molecular weight is 286 g/mol. The summed E-state index contributed by atoms with van der Waals surface area (Å²) in [4.78, 5) is 18.2. The SMILES string of the molecule is COc1ccc2c(c1)CCCN2C(=O)CCn1cncn1. The maximum Gasteiger partial charge on any atom is 0.228 e. The number of aryl methyl sites for hydroxylation is 2. The summed E-state index contributed by atoms with van der Waals surface area (Å²) in [7, 11) is 1.66. The second-order valence-electron chi connectivity index (χ2n) is 5.05. The number of carbonyl (C=O) groups excluding carboxylic acids is 1. The third kappa shape index (κ3) is 2.89. The van der Waals surface area contributed by atoms with Crippen LogP contribution in [0.2, 0.25) is 0 Å². The van der Waals surface area contributed by atoms with Gasteiger partial charge in [0.2, 0.25) is 5.91 Å². The molecule has 0 unspecified atom stereocenters. The number of fused-ring (bicyclic) bond motifs is 1. The first kappa shape index (κ1) is 13.6. The molecule has 6 nitrogen and oxygen atoms in total. The molecule has 2 aromatic rings. The van der Waals surface area contributed by atoms with Gasteiger partial charge in [0.15, 0.2) is 0 Å². The summed E-state index contributed by atoms with van der Waals surface area (Å²) >= 11 is 0. The summed E-state index contributed by atoms with van der Waals surface area (Å²) in [5.74, 6) is 0.960. The van der Waals surface area contributed by atoms with E-state index < -0.39 is 0 Å². The fourth-order valence-electron chi connectivity index (χ4n) is 2.65. The van der Waals surface area contributed by atoms with E-state index >= 15 is 0 Å². The van der Waals surface area contributed by atoms with Crippen molar-refractivity contribution in [3.05, 3.63) is 36.4 Å². The van der Waals surface area contributed by atoms with E-state index in [9.17, 15) is 4.79 Å². The lowest BCUT2D eigenvalue weighted by Crippen LogP contribution is -2.35. The summed E-state index contributed by atoms with van der Waals surface area (Å²) in [6, 6.07) is 5.90. The van der Waals surface area contributed by atoms with Gasteiger partial charge < -0.3 is 9.64 Å². The van der Waals surface area contributed by atoms with Gasteiger partial charge in [0, 0.05) is 18.7 Å². The standard InChI is InChI=1S/C15H18N4O2/c1-21-13-4-5-14-12(9-13)3-2-7-19(14)15(20)6-8-18-11-16-10-17-18/h4-5,9-11H,2-3,6-8H2,1H3. The van der Waals surface area contributed by atoms with E-state index in [4.69, 9.17) is 4.74 Å². The van der Waals surface area contributed by atoms with Crippen LogP contribution in [0.3, 0.4) is 0 Å². The maximum atomic E-state index is 12.4. The summed E-state index contributed by atoms with van der Waals surface area (Å²) in [6.07, 6.45) is 5.50. The molecular formula is C15H18N4O2. The highest BCUT2D eigenvalue weighted by Crippen LogP contribution is 2.30. The first-order chi connectivity index (χ1) is 10.3. The van der Waals surface area contributed by atoms with Crippen LogP contribution in [0, 0.1) is 0 Å². The molecule has 1 aliphatic heterocycles. The Kier molecular flexibility index (Phi) is 3.85. The average Bonchev–Trinajstić information content (AvgIpc) is 3.04. The zero-order chi connectivity index (χ0) is 14.7. The second-order valence-corrected chi connectivity index (χ2v) is 5.05. The topological polar surface area (TPSA) is 60.2 Å². The summed E-state index contributed by atoms with van der Waals surface area (Å²) in [5.41, 5.74) is 2.18. The van der Waals surface area contributed by atoms with Crippen LogP contribution >= 0.6 is 0 Å². The molecule has 0 bridgehead atoms. The number of carbonyl (C=O) groups is 1. The van der Waals surface area contributed by atoms with E-state index in [-0.39, 0.29) is 5.91 Å². The fourth-order valence-corrected chi connectivity index (χ4v) is 2.65. The zero-order valence-corrected chi connectivity index (χ0v) is 12.0. The van der Waals surface area contributed by atoms with Crippen molar-refractivity contribution in [3.63, 3.8) is 0 Å². The predicted molar refractivity (Wildman–Crippen MR) is 78.3 cm³/mol. The van der Waals surface area contributed by atoms with Crippen molar-refractivity contribution in [3.8, 4) is 5.75 Å². The van der Waals surface area contributed by atoms with E-state index in [1.165, 1.54) is 11.9 Å². The van der Waals surface area contributed by atoms with E-state index in [1.807, 2.05) is 23.1 Å². The number of ether oxygens (including phenoxy) is 1. The van der Waals surface area contributed by atoms with Crippen LogP contribution in [0.4, 0.5) is 5.69 Å². The minimum atomic E-state index is 0.122. The van der Waals surface area contributed by atoms with Crippen molar-refractivity contribution in [2.75, 3.05) is 18.6 Å². The molecule has 3 rings (SSSR count). The molecule has 0 saturated heterocycles. The highest BCUT2D eigenvalue weighted by molar-refractivity contribution is 5.94. The number of anilines is 1. The normalized spacial score (nSPS) is 13.9. The molecule has 0 radical (unpaired) electrons. The number of hydrogen-bond donors (Lipinski definition) is 0. The highest BCUT2D eigenvalue weighted by Gasteiger charge is 2.22. The van der Waals surface area contributed by atoms with Crippen LogP contribution in [-0.2, 0) is 17.8 Å². The Morgan fingerprint density at radius 3 is 3.10 bits per heavy atom. The summed E-state index contributed by atoms with van der Waals surface area (Å²) in [5, 5.41) is 4.02. The Hall–Kier alpha value is -2.37. The maximum absolute atomic E-state index is 12.4. The highest BCUT2D eigenvalue weighted by atomic mass is 16.5. The minimum absolute atomic E-state index is 0.122. The Morgan fingerprint density at radius 2 is 2.33 bits per heavy atom. The lowest BCUT2D eigenvalue weighted by atomic mass is 10.0. The van der Waals surface area contributed by atoms with Crippen molar-refractivity contribution in [2.45, 2.75) is 25.8 Å². The van der Waals surface area contributed by atoms with Gasteiger partial charge in [-0.05, 0) is 36.6 Å². The van der Waals surface area contributed by atoms with Gasteiger partial charge >= 0.3 is 0 Å². The minimum Gasteiger partial charge on any atom is -0.497 e. The second kappa shape index (κ2) is 5.95. The lowest BCUT2D eigenvalue weighted by Gasteiger charge is -2.29. The molecule has 0 fully saturated rings. The molecule has 1 aromatic carbocycles. The molecule has 0 spiro atoms. The Labute approximate surface area is 123 Å². The first-order valence-electron chi connectivity index (χ1n) is 7.07. The van der Waals surface area contributed by atoms with Gasteiger partial charge in [0.25, 0.3) is 0 Å². The lowest BCUT2D eigenvalue weighted by molar-refractivity contribution is -0.119. The van der Waals surface area contributed by atoms with Gasteiger partial charge in [0.05, 0.1) is 13.7 Å². The zero-order valence-electron chi connectivity index (χ0n) is 12.0. The van der Waals surface area contributed by atoms with Gasteiger partial charge in [-0.1, -0.05) is 0 Å². The molecular weight excluding hydrogens is 268 g/mol. The van der Waals surface area contributed by atoms with E-state index in [2.05, 4.69) is 10.1 Å². The Morgan fingerprint density at radius 1 is 1.43 bits per heavy atom. The number of amides is 1. The molecule has 0 saturated carbocycles. The molecule has 1 aromatic heterocycles. The smallest absolute Gasteiger partial charge is 0.228 e. The number of benzene rings is 1. The van der Waals surface area contributed by atoms with Crippen LogP contribution in [0.5, 0.6) is 5.75 Å². The van der Waals surface area contributed by atoms with Crippen LogP contribution in [0.1, 0.15) is 18.4 Å². The van der Waals surface area contributed by atoms with Crippen molar-refractivity contribution in [2.24, 2.45) is 0 Å². The molecule has 110 valence electrons. The van der Waals surface area contributed by atoms with Crippen molar-refractivity contribution < 1.29 is 9.53 Å². The van der Waals surface area contributed by atoms with Crippen molar-refractivity contribution in [1.29, 1.82) is 0 Å². The first-order valence-corrected chi connectivity index (χ1v) is 7.07. The number of rotatable bonds is 4. The largest absolute Gasteiger partial charge is 0.497 e. The molecule has 21 heavy (non-hydrogen) atoms. The number of hydrogen-bond acceptors (Lipinski definition) is 4. The van der Waals surface area contributed by atoms with Crippen LogP contribution in [0.25, 0.3) is 0 Å². The molecule has 1 amide bonds. The number of methoxy groups -OCH3 is 1. The van der Waals surface area contributed by atoms with E-state index in [1.54, 1.807) is 18.1 Å². The van der Waals surface area contributed by atoms with Gasteiger partial charge in [-0.25, -0.2) is 4.98 Å². The fraction of sp³-hybridized carbons (Fsp3) is 0.400. The van der Waals surface area contributed by atoms with Crippen LogP contribution < -0.4 is 9.64 Å². The summed E-state index contributed by atoms with van der Waals surface area (Å²) in [6.45, 7) is 1.33. The van der Waals surface area contributed by atoms with Gasteiger partial charge in [-0.2, -0.15) is 5.10 Å². The van der Waals surface area contributed by atoms with Gasteiger partial charge in [-0.3, -0.25) is 9.48 Å². The van der Waals surface area contributed by atoms with Crippen LogP contribution in [0.15, 0.2) is 30.9 Å². The molecule has 0 atom stereocenters. The van der Waals surface area contributed by atoms with Crippen LogP contribution in [-0.4, -0.2) is 34.3 Å². The van der Waals surface area contributed by atoms with Gasteiger partial charge in [0.1, 0.15) is 18.4 Å². The van der Waals surface area contributed by atoms with E-state index in [0.717, 1.165) is 30.8 Å². The van der Waals surface area contributed by atoms with Gasteiger partial charge in [-0.15, -0.1) is 0 Å². The number of nitrogens with zero attached hydrogens (tertiary/aromatic N) is 4. The molecule has 2 heterocycles.